The number of aliphatic carboxylic acids is 1. The third kappa shape index (κ3) is 2.19. The molecule has 10 heavy (non-hydrogen) atoms. The molecule has 0 rings (SSSR count). The number of carboxylic acids is 1. The van der Waals surface area contributed by atoms with Gasteiger partial charge < -0.3 is 5.11 Å². The van der Waals surface area contributed by atoms with Gasteiger partial charge in [-0.1, -0.05) is 6.92 Å². The van der Waals surface area contributed by atoms with Crippen molar-refractivity contribution in [2.45, 2.75) is 25.8 Å². The first kappa shape index (κ1) is 10.9. The van der Waals surface area contributed by atoms with Crippen molar-refractivity contribution in [2.24, 2.45) is 0 Å². The fraction of sp³-hybridized carbons (Fsp3) is 0.800. The number of nitrogens with zero attached hydrogens (tertiary/aromatic N) is 1. The first-order chi connectivity index (χ1) is 4.45. The van der Waals surface area contributed by atoms with Crippen molar-refractivity contribution in [2.75, 3.05) is 0 Å². The van der Waals surface area contributed by atoms with E-state index in [1.54, 1.807) is 8.25 Å². The molecule has 0 aliphatic heterocycles. The lowest BCUT2D eigenvalue weighted by atomic mass is 10.0. The fourth-order valence-corrected chi connectivity index (χ4v) is 1.44. The van der Waals surface area contributed by atoms with Gasteiger partial charge in [0, 0.05) is 45.7 Å². The molecule has 0 aromatic rings. The minimum absolute atomic E-state index is 0.605. The zero-order valence-electron chi connectivity index (χ0n) is 5.77. The third-order valence-corrected chi connectivity index (χ3v) is 3.65. The Morgan fingerprint density at radius 2 is 2.10 bits per heavy atom. The van der Waals surface area contributed by atoms with Crippen molar-refractivity contribution >= 4 is 51.7 Å². The standard InChI is InChI=1S/C5H9I2NO2/c1-3-5(2,4(9)10)8(6)7/h3H2,1-2H3,(H,9,10)/t5-/m0/s1. The summed E-state index contributed by atoms with van der Waals surface area (Å²) in [5.74, 6) is -0.779. The van der Waals surface area contributed by atoms with Gasteiger partial charge in [-0.15, -0.1) is 0 Å². The molecule has 1 N–H and O–H groups in total. The van der Waals surface area contributed by atoms with Gasteiger partial charge in [-0.25, -0.2) is 0 Å². The number of carboxylic acid groups (broad SMARTS) is 1. The van der Waals surface area contributed by atoms with Crippen LogP contribution in [0.15, 0.2) is 0 Å². The van der Waals surface area contributed by atoms with Crippen molar-refractivity contribution in [3.63, 3.8) is 0 Å². The van der Waals surface area contributed by atoms with Crippen LogP contribution >= 0.6 is 45.7 Å². The first-order valence-electron chi connectivity index (χ1n) is 2.80. The molecule has 0 fully saturated rings. The summed E-state index contributed by atoms with van der Waals surface area (Å²) in [5.41, 5.74) is -0.735. The number of carbonyl (C=O) groups is 1. The van der Waals surface area contributed by atoms with E-state index in [-0.39, 0.29) is 0 Å². The minimum Gasteiger partial charge on any atom is -0.480 e. The first-order valence-corrected chi connectivity index (χ1v) is 4.73. The summed E-state index contributed by atoms with van der Waals surface area (Å²) in [7, 11) is 0. The Balaban J connectivity index is 4.38. The quantitative estimate of drug-likeness (QED) is 0.613. The van der Waals surface area contributed by atoms with E-state index in [0.29, 0.717) is 6.42 Å². The van der Waals surface area contributed by atoms with Crippen molar-refractivity contribution in [1.29, 1.82) is 0 Å². The molecule has 0 radical (unpaired) electrons. The summed E-state index contributed by atoms with van der Waals surface area (Å²) in [5, 5.41) is 8.75. The zero-order valence-corrected chi connectivity index (χ0v) is 10.1. The maximum absolute atomic E-state index is 10.6. The summed E-state index contributed by atoms with van der Waals surface area (Å²) in [4.78, 5) is 10.6. The molecule has 0 aliphatic rings. The van der Waals surface area contributed by atoms with E-state index >= 15 is 0 Å². The van der Waals surface area contributed by atoms with Crippen LogP contribution in [0.5, 0.6) is 0 Å². The zero-order chi connectivity index (χ0) is 8.36. The van der Waals surface area contributed by atoms with Gasteiger partial charge in [0.05, 0.1) is 0 Å². The molecule has 5 heteroatoms. The van der Waals surface area contributed by atoms with Gasteiger partial charge in [0.2, 0.25) is 0 Å². The Hall–Kier alpha value is 0.890. The highest BCUT2D eigenvalue weighted by Crippen LogP contribution is 2.27. The maximum atomic E-state index is 10.6. The van der Waals surface area contributed by atoms with E-state index in [9.17, 15) is 4.79 Å². The molecule has 0 aromatic heterocycles. The lowest BCUT2D eigenvalue weighted by Gasteiger charge is -2.26. The second-order valence-electron chi connectivity index (χ2n) is 2.17. The van der Waals surface area contributed by atoms with Gasteiger partial charge >= 0.3 is 5.97 Å². The van der Waals surface area contributed by atoms with Gasteiger partial charge in [-0.05, 0) is 13.3 Å². The highest BCUT2D eigenvalue weighted by Gasteiger charge is 2.35. The van der Waals surface area contributed by atoms with Crippen molar-refractivity contribution in [1.82, 2.24) is 1.33 Å². The molecule has 0 heterocycles. The van der Waals surface area contributed by atoms with Crippen LogP contribution in [0.25, 0.3) is 0 Å². The van der Waals surface area contributed by atoms with Crippen LogP contribution in [0.4, 0.5) is 0 Å². The molecular formula is C5H9I2NO2. The van der Waals surface area contributed by atoms with Gasteiger partial charge in [-0.3, -0.25) is 4.79 Å². The van der Waals surface area contributed by atoms with Crippen LogP contribution in [0, 0.1) is 0 Å². The van der Waals surface area contributed by atoms with Crippen molar-refractivity contribution in [3.05, 3.63) is 0 Å². The fourth-order valence-electron chi connectivity index (χ4n) is 0.343. The Bertz CT molecular complexity index is 140. The number of halogens is 2. The van der Waals surface area contributed by atoms with Gasteiger partial charge in [0.1, 0.15) is 5.54 Å². The van der Waals surface area contributed by atoms with E-state index < -0.39 is 11.5 Å². The predicted octanol–water partition coefficient (Wildman–Crippen LogP) is 2.24. The Labute approximate surface area is 88.2 Å². The summed E-state index contributed by atoms with van der Waals surface area (Å²) in [6.45, 7) is 3.56. The minimum atomic E-state index is -0.779. The Kier molecular flexibility index (Phi) is 4.41. The van der Waals surface area contributed by atoms with Crippen molar-refractivity contribution < 1.29 is 9.90 Å². The van der Waals surface area contributed by atoms with Crippen LogP contribution in [-0.2, 0) is 4.79 Å². The van der Waals surface area contributed by atoms with E-state index in [1.165, 1.54) is 0 Å². The second-order valence-corrected chi connectivity index (χ2v) is 5.94. The largest absolute Gasteiger partial charge is 0.480 e. The van der Waals surface area contributed by atoms with Gasteiger partial charge in [0.25, 0.3) is 0 Å². The SMILES string of the molecule is CC[C@@](C)(C(=O)O)N(I)I. The Morgan fingerprint density at radius 1 is 1.70 bits per heavy atom. The molecule has 0 saturated heterocycles. The van der Waals surface area contributed by atoms with Gasteiger partial charge in [0.15, 0.2) is 0 Å². The molecular weight excluding hydrogens is 360 g/mol. The highest BCUT2D eigenvalue weighted by atomic mass is 127. The number of rotatable bonds is 3. The van der Waals surface area contributed by atoms with Gasteiger partial charge in [-0.2, -0.15) is 1.33 Å². The predicted molar refractivity (Wildman–Crippen MR) is 56.2 cm³/mol. The molecule has 0 saturated carbocycles. The van der Waals surface area contributed by atoms with Crippen LogP contribution in [0.2, 0.25) is 0 Å². The molecule has 0 bridgehead atoms. The molecule has 0 unspecified atom stereocenters. The van der Waals surface area contributed by atoms with E-state index in [1.807, 2.05) is 52.7 Å². The molecule has 1 atom stereocenters. The van der Waals surface area contributed by atoms with Crippen molar-refractivity contribution in [3.8, 4) is 0 Å². The summed E-state index contributed by atoms with van der Waals surface area (Å²) < 4.78 is 1.66. The normalized spacial score (nSPS) is 16.9. The van der Waals surface area contributed by atoms with E-state index in [4.69, 9.17) is 5.11 Å². The molecule has 0 amide bonds. The molecule has 0 aliphatic carbocycles. The molecule has 0 aromatic carbocycles. The lowest BCUT2D eigenvalue weighted by molar-refractivity contribution is -0.144. The van der Waals surface area contributed by atoms with E-state index in [0.717, 1.165) is 0 Å². The average molecular weight is 369 g/mol. The lowest BCUT2D eigenvalue weighted by Crippen LogP contribution is -2.42. The summed E-state index contributed by atoms with van der Waals surface area (Å²) in [6.07, 6.45) is 0.605. The smallest absolute Gasteiger partial charge is 0.325 e. The van der Waals surface area contributed by atoms with Crippen LogP contribution in [-0.4, -0.2) is 17.9 Å². The van der Waals surface area contributed by atoms with E-state index in [2.05, 4.69) is 0 Å². The number of hydrogen-bond donors (Lipinski definition) is 1. The monoisotopic (exact) mass is 369 g/mol. The average Bonchev–Trinajstić information content (AvgIpc) is 1.85. The third-order valence-electron chi connectivity index (χ3n) is 1.52. The highest BCUT2D eigenvalue weighted by molar-refractivity contribution is 14.2. The summed E-state index contributed by atoms with van der Waals surface area (Å²) in [6, 6.07) is 0. The number of hydrogen-bond acceptors (Lipinski definition) is 2. The Morgan fingerprint density at radius 3 is 2.10 bits per heavy atom. The molecule has 60 valence electrons. The molecule has 3 nitrogen and oxygen atoms in total. The topological polar surface area (TPSA) is 40.5 Å². The summed E-state index contributed by atoms with van der Waals surface area (Å²) >= 11 is 3.95. The maximum Gasteiger partial charge on any atom is 0.325 e. The van der Waals surface area contributed by atoms with Crippen LogP contribution < -0.4 is 0 Å². The van der Waals surface area contributed by atoms with Crippen LogP contribution in [0.1, 0.15) is 20.3 Å². The molecule has 0 spiro atoms. The second kappa shape index (κ2) is 4.05. The van der Waals surface area contributed by atoms with Crippen LogP contribution in [0.3, 0.4) is 0 Å².